The van der Waals surface area contributed by atoms with E-state index >= 15 is 0 Å². The third-order valence-electron chi connectivity index (χ3n) is 2.54. The molecule has 20 heavy (non-hydrogen) atoms. The van der Waals surface area contributed by atoms with E-state index in [1.54, 1.807) is 12.1 Å². The number of sulfone groups is 1. The number of carbonyl (C=O) groups excluding carboxylic acids is 1. The van der Waals surface area contributed by atoms with Crippen molar-refractivity contribution >= 4 is 27.4 Å². The molecule has 0 spiro atoms. The molecular formula is C13H11ClO5S. The first-order chi connectivity index (χ1) is 9.42. The molecule has 0 bridgehead atoms. The van der Waals surface area contributed by atoms with Gasteiger partial charge in [-0.3, -0.25) is 0 Å². The molecule has 0 saturated heterocycles. The van der Waals surface area contributed by atoms with E-state index in [1.807, 2.05) is 0 Å². The van der Waals surface area contributed by atoms with Crippen LogP contribution < -0.4 is 0 Å². The van der Waals surface area contributed by atoms with Crippen LogP contribution in [0.4, 0.5) is 0 Å². The summed E-state index contributed by atoms with van der Waals surface area (Å²) in [7, 11) is -2.37. The number of hydrogen-bond donors (Lipinski definition) is 0. The molecule has 2 aromatic rings. The van der Waals surface area contributed by atoms with Gasteiger partial charge in [-0.1, -0.05) is 17.7 Å². The average Bonchev–Trinajstić information content (AvgIpc) is 2.85. The third-order valence-corrected chi connectivity index (χ3v) is 4.41. The van der Waals surface area contributed by atoms with Crippen molar-refractivity contribution in [3.63, 3.8) is 0 Å². The first-order valence-electron chi connectivity index (χ1n) is 5.58. The van der Waals surface area contributed by atoms with Crippen molar-refractivity contribution in [1.82, 2.24) is 0 Å². The van der Waals surface area contributed by atoms with Crippen LogP contribution in [-0.2, 0) is 20.3 Å². The fourth-order valence-corrected chi connectivity index (χ4v) is 3.14. The van der Waals surface area contributed by atoms with Crippen molar-refractivity contribution in [3.05, 3.63) is 52.9 Å². The third kappa shape index (κ3) is 3.20. The summed E-state index contributed by atoms with van der Waals surface area (Å²) in [6, 6.07) is 8.75. The Balaban J connectivity index is 2.25. The minimum Gasteiger partial charge on any atom is -0.463 e. The topological polar surface area (TPSA) is 73.6 Å². The Labute approximate surface area is 121 Å². The highest BCUT2D eigenvalue weighted by molar-refractivity contribution is 7.90. The van der Waals surface area contributed by atoms with E-state index in [-0.39, 0.29) is 22.2 Å². The zero-order valence-corrected chi connectivity index (χ0v) is 12.1. The highest BCUT2D eigenvalue weighted by Gasteiger charge is 2.19. The molecular weight excluding hydrogens is 304 g/mol. The van der Waals surface area contributed by atoms with E-state index in [0.717, 1.165) is 0 Å². The van der Waals surface area contributed by atoms with Gasteiger partial charge in [0.15, 0.2) is 9.84 Å². The van der Waals surface area contributed by atoms with Gasteiger partial charge in [0.2, 0.25) is 5.76 Å². The second kappa shape index (κ2) is 5.68. The monoisotopic (exact) mass is 314 g/mol. The van der Waals surface area contributed by atoms with Crippen molar-refractivity contribution in [2.24, 2.45) is 0 Å². The van der Waals surface area contributed by atoms with Crippen LogP contribution in [0.3, 0.4) is 0 Å². The lowest BCUT2D eigenvalue weighted by Gasteiger charge is -2.03. The van der Waals surface area contributed by atoms with E-state index in [1.165, 1.54) is 31.4 Å². The van der Waals surface area contributed by atoms with Gasteiger partial charge in [0.05, 0.1) is 12.0 Å². The molecule has 0 aliphatic carbocycles. The predicted molar refractivity (Wildman–Crippen MR) is 72.4 cm³/mol. The number of rotatable bonds is 4. The number of benzene rings is 1. The van der Waals surface area contributed by atoms with Crippen molar-refractivity contribution in [2.45, 2.75) is 10.6 Å². The number of halogens is 1. The lowest BCUT2D eigenvalue weighted by atomic mass is 10.4. The van der Waals surface area contributed by atoms with E-state index < -0.39 is 15.8 Å². The molecule has 0 atom stereocenters. The van der Waals surface area contributed by atoms with Crippen molar-refractivity contribution in [2.75, 3.05) is 7.11 Å². The number of esters is 1. The summed E-state index contributed by atoms with van der Waals surface area (Å²) < 4.78 is 34.0. The second-order valence-electron chi connectivity index (χ2n) is 3.97. The van der Waals surface area contributed by atoms with Crippen LogP contribution in [0.25, 0.3) is 0 Å². The summed E-state index contributed by atoms with van der Waals surface area (Å²) in [5.74, 6) is -0.893. The molecule has 5 nitrogen and oxygen atoms in total. The Hall–Kier alpha value is -1.79. The van der Waals surface area contributed by atoms with E-state index in [0.29, 0.717) is 5.02 Å². The molecule has 106 valence electrons. The van der Waals surface area contributed by atoms with Gasteiger partial charge in [-0.15, -0.1) is 0 Å². The van der Waals surface area contributed by atoms with Gasteiger partial charge in [0, 0.05) is 5.02 Å². The highest BCUT2D eigenvalue weighted by atomic mass is 35.5. The van der Waals surface area contributed by atoms with E-state index in [9.17, 15) is 13.2 Å². The van der Waals surface area contributed by atoms with Gasteiger partial charge in [-0.2, -0.15) is 0 Å². The molecule has 0 aliphatic rings. The molecule has 1 heterocycles. The van der Waals surface area contributed by atoms with Crippen LogP contribution in [-0.4, -0.2) is 21.5 Å². The Bertz CT molecular complexity index is 733. The maximum Gasteiger partial charge on any atom is 0.373 e. The SMILES string of the molecule is COC(=O)c1ccc(CS(=O)(=O)c2cccc(Cl)c2)o1. The van der Waals surface area contributed by atoms with Gasteiger partial charge >= 0.3 is 5.97 Å². The van der Waals surface area contributed by atoms with Crippen molar-refractivity contribution < 1.29 is 22.4 Å². The van der Waals surface area contributed by atoms with Crippen LogP contribution in [0, 0.1) is 0 Å². The summed E-state index contributed by atoms with van der Waals surface area (Å²) in [5.41, 5.74) is 0. The maximum absolute atomic E-state index is 12.2. The normalized spacial score (nSPS) is 11.3. The number of methoxy groups -OCH3 is 1. The zero-order valence-electron chi connectivity index (χ0n) is 10.5. The summed E-state index contributed by atoms with van der Waals surface area (Å²) in [6.45, 7) is 0. The number of hydrogen-bond acceptors (Lipinski definition) is 5. The molecule has 0 saturated carbocycles. The summed E-state index contributed by atoms with van der Waals surface area (Å²) in [5, 5.41) is 0.334. The molecule has 0 aliphatic heterocycles. The van der Waals surface area contributed by atoms with E-state index in [2.05, 4.69) is 4.74 Å². The quantitative estimate of drug-likeness (QED) is 0.811. The van der Waals surface area contributed by atoms with Crippen LogP contribution in [0.2, 0.25) is 5.02 Å². The molecule has 1 aromatic carbocycles. The highest BCUT2D eigenvalue weighted by Crippen LogP contribution is 2.21. The van der Waals surface area contributed by atoms with Crippen LogP contribution in [0.5, 0.6) is 0 Å². The first-order valence-corrected chi connectivity index (χ1v) is 7.61. The minimum atomic E-state index is -3.59. The number of furan rings is 1. The Morgan fingerprint density at radius 1 is 1.30 bits per heavy atom. The molecule has 0 amide bonds. The fraction of sp³-hybridized carbons (Fsp3) is 0.154. The van der Waals surface area contributed by atoms with Gasteiger partial charge in [0.25, 0.3) is 0 Å². The molecule has 7 heteroatoms. The Morgan fingerprint density at radius 3 is 2.70 bits per heavy atom. The molecule has 0 fully saturated rings. The summed E-state index contributed by atoms with van der Waals surface area (Å²) >= 11 is 5.77. The second-order valence-corrected chi connectivity index (χ2v) is 6.40. The molecule has 2 rings (SSSR count). The Kier molecular flexibility index (Phi) is 4.15. The molecule has 0 N–H and O–H groups in total. The fourth-order valence-electron chi connectivity index (χ4n) is 1.60. The van der Waals surface area contributed by atoms with Gasteiger partial charge in [-0.25, -0.2) is 13.2 Å². The van der Waals surface area contributed by atoms with Crippen molar-refractivity contribution in [1.29, 1.82) is 0 Å². The van der Waals surface area contributed by atoms with Crippen LogP contribution >= 0.6 is 11.6 Å². The smallest absolute Gasteiger partial charge is 0.373 e. The summed E-state index contributed by atoms with van der Waals surface area (Å²) in [6.07, 6.45) is 0. The lowest BCUT2D eigenvalue weighted by Crippen LogP contribution is -2.04. The van der Waals surface area contributed by atoms with Gasteiger partial charge < -0.3 is 9.15 Å². The minimum absolute atomic E-state index is 0.0382. The largest absolute Gasteiger partial charge is 0.463 e. The average molecular weight is 315 g/mol. The van der Waals surface area contributed by atoms with Gasteiger partial charge in [0.1, 0.15) is 11.5 Å². The van der Waals surface area contributed by atoms with Gasteiger partial charge in [-0.05, 0) is 30.3 Å². The molecule has 0 unspecified atom stereocenters. The zero-order chi connectivity index (χ0) is 14.8. The number of ether oxygens (including phenoxy) is 1. The number of carbonyl (C=O) groups is 1. The van der Waals surface area contributed by atoms with E-state index in [4.69, 9.17) is 16.0 Å². The van der Waals surface area contributed by atoms with Crippen LogP contribution in [0.1, 0.15) is 16.3 Å². The molecule has 1 aromatic heterocycles. The predicted octanol–water partition coefficient (Wildman–Crippen LogP) is 2.69. The lowest BCUT2D eigenvalue weighted by molar-refractivity contribution is 0.0563. The standard InChI is InChI=1S/C13H11ClO5S/c1-18-13(15)12-6-5-10(19-12)8-20(16,17)11-4-2-3-9(14)7-11/h2-7H,8H2,1H3. The molecule has 0 radical (unpaired) electrons. The summed E-state index contributed by atoms with van der Waals surface area (Å²) in [4.78, 5) is 11.3. The maximum atomic E-state index is 12.2. The van der Waals surface area contributed by atoms with Crippen LogP contribution in [0.15, 0.2) is 45.7 Å². The first kappa shape index (κ1) is 14.6. The van der Waals surface area contributed by atoms with Crippen molar-refractivity contribution in [3.8, 4) is 0 Å². The Morgan fingerprint density at radius 2 is 2.05 bits per heavy atom.